The van der Waals surface area contributed by atoms with E-state index < -0.39 is 12.6 Å². The predicted octanol–water partition coefficient (Wildman–Crippen LogP) is 5.82. The zero-order chi connectivity index (χ0) is 25.7. The maximum absolute atomic E-state index is 13.2. The zero-order valence-electron chi connectivity index (χ0n) is 20.7. The van der Waals surface area contributed by atoms with Gasteiger partial charge in [-0.3, -0.25) is 14.6 Å². The molecular formula is C27H34ClF3N4O. The molecule has 5 nitrogen and oxygen atoms in total. The summed E-state index contributed by atoms with van der Waals surface area (Å²) >= 11 is 6.27. The van der Waals surface area contributed by atoms with Crippen LogP contribution in [-0.2, 0) is 13.0 Å². The molecule has 0 radical (unpaired) electrons. The largest absolute Gasteiger partial charge is 0.390 e. The first-order valence-corrected chi connectivity index (χ1v) is 13.1. The molecule has 4 rings (SSSR count). The highest BCUT2D eigenvalue weighted by molar-refractivity contribution is 6.31. The van der Waals surface area contributed by atoms with Crippen LogP contribution >= 0.6 is 11.6 Å². The van der Waals surface area contributed by atoms with Crippen molar-refractivity contribution in [2.75, 3.05) is 56.0 Å². The van der Waals surface area contributed by atoms with Crippen LogP contribution in [-0.4, -0.2) is 67.7 Å². The van der Waals surface area contributed by atoms with E-state index in [0.717, 1.165) is 38.2 Å². The third kappa shape index (κ3) is 7.14. The van der Waals surface area contributed by atoms with Crippen molar-refractivity contribution < 1.29 is 18.0 Å². The Labute approximate surface area is 216 Å². The Kier molecular flexibility index (Phi) is 8.80. The minimum atomic E-state index is -4.15. The second-order valence-electron chi connectivity index (χ2n) is 9.67. The Hall–Kier alpha value is -2.29. The van der Waals surface area contributed by atoms with Gasteiger partial charge in [-0.1, -0.05) is 31.0 Å². The highest BCUT2D eigenvalue weighted by Gasteiger charge is 2.29. The molecule has 1 saturated heterocycles. The van der Waals surface area contributed by atoms with E-state index in [-0.39, 0.29) is 12.5 Å². The lowest BCUT2D eigenvalue weighted by atomic mass is 9.97. The smallest absolute Gasteiger partial charge is 0.367 e. The standard InChI is InChI=1S/C27H34ClF3N4O/c1-2-3-10-34-11-8-20-4-5-21(17-22(20)19-34)26(36)32-24-7-6-23(28)18-25(24)35-15-13-33(14-16-35)12-9-27(29,30)31/h4-7,17-18H,2-3,8-16,19H2,1H3,(H,32,36). The lowest BCUT2D eigenvalue weighted by Crippen LogP contribution is -2.47. The van der Waals surface area contributed by atoms with Crippen LogP contribution in [0.5, 0.6) is 0 Å². The Bertz CT molecular complexity index is 1050. The lowest BCUT2D eigenvalue weighted by molar-refractivity contribution is -0.138. The van der Waals surface area contributed by atoms with Gasteiger partial charge in [-0.15, -0.1) is 0 Å². The summed E-state index contributed by atoms with van der Waals surface area (Å²) in [7, 11) is 0. The molecule has 1 amide bonds. The molecule has 0 spiro atoms. The van der Waals surface area contributed by atoms with Crippen LogP contribution in [0.25, 0.3) is 0 Å². The fraction of sp³-hybridized carbons (Fsp3) is 0.519. The van der Waals surface area contributed by atoms with Crippen LogP contribution in [0, 0.1) is 0 Å². The number of halogens is 4. The van der Waals surface area contributed by atoms with Crippen molar-refractivity contribution >= 4 is 28.9 Å². The molecule has 0 atom stereocenters. The Balaban J connectivity index is 1.42. The van der Waals surface area contributed by atoms with Gasteiger partial charge in [-0.05, 0) is 60.8 Å². The highest BCUT2D eigenvalue weighted by Crippen LogP contribution is 2.31. The maximum atomic E-state index is 13.2. The number of anilines is 2. The Morgan fingerprint density at radius 2 is 1.75 bits per heavy atom. The summed E-state index contributed by atoms with van der Waals surface area (Å²) < 4.78 is 37.7. The Morgan fingerprint density at radius 1 is 0.972 bits per heavy atom. The number of fused-ring (bicyclic) bond motifs is 1. The Morgan fingerprint density at radius 3 is 2.47 bits per heavy atom. The van der Waals surface area contributed by atoms with E-state index in [0.29, 0.717) is 42.5 Å². The molecule has 1 fully saturated rings. The number of alkyl halides is 3. The minimum Gasteiger partial charge on any atom is -0.367 e. The summed E-state index contributed by atoms with van der Waals surface area (Å²) in [5.41, 5.74) is 4.56. The average molecular weight is 523 g/mol. The minimum absolute atomic E-state index is 0.00464. The van der Waals surface area contributed by atoms with Crippen molar-refractivity contribution in [3.05, 3.63) is 58.1 Å². The SMILES string of the molecule is CCCCN1CCc2ccc(C(=O)Nc3ccc(Cl)cc3N3CCN(CCC(F)(F)F)CC3)cc2C1. The molecule has 0 bridgehead atoms. The number of piperazine rings is 1. The van der Waals surface area contributed by atoms with E-state index >= 15 is 0 Å². The van der Waals surface area contributed by atoms with Gasteiger partial charge >= 0.3 is 6.18 Å². The van der Waals surface area contributed by atoms with Crippen molar-refractivity contribution in [2.45, 2.75) is 45.3 Å². The number of unbranched alkanes of at least 4 members (excludes halogenated alkanes) is 1. The number of carbonyl (C=O) groups excluding carboxylic acids is 1. The number of carbonyl (C=O) groups is 1. The van der Waals surface area contributed by atoms with Gasteiger partial charge in [0.1, 0.15) is 0 Å². The van der Waals surface area contributed by atoms with Gasteiger partial charge in [-0.2, -0.15) is 13.2 Å². The number of hydrogen-bond donors (Lipinski definition) is 1. The number of amides is 1. The summed E-state index contributed by atoms with van der Waals surface area (Å²) in [5, 5.41) is 3.59. The lowest BCUT2D eigenvalue weighted by Gasteiger charge is -2.37. The molecule has 0 unspecified atom stereocenters. The van der Waals surface area contributed by atoms with E-state index in [1.807, 2.05) is 17.0 Å². The zero-order valence-corrected chi connectivity index (χ0v) is 21.5. The number of rotatable bonds is 8. The first kappa shape index (κ1) is 26.8. The summed E-state index contributed by atoms with van der Waals surface area (Å²) in [6.07, 6.45) is -1.62. The van der Waals surface area contributed by atoms with Gasteiger partial charge in [0.2, 0.25) is 0 Å². The summed E-state index contributed by atoms with van der Waals surface area (Å²) in [6, 6.07) is 11.3. The van der Waals surface area contributed by atoms with Crippen molar-refractivity contribution in [2.24, 2.45) is 0 Å². The molecule has 0 saturated carbocycles. The molecule has 196 valence electrons. The van der Waals surface area contributed by atoms with Gasteiger partial charge in [0.25, 0.3) is 5.91 Å². The van der Waals surface area contributed by atoms with Crippen LogP contribution in [0.1, 0.15) is 47.7 Å². The van der Waals surface area contributed by atoms with Gasteiger partial charge in [-0.25, -0.2) is 0 Å². The third-order valence-corrected chi connectivity index (χ3v) is 7.26. The van der Waals surface area contributed by atoms with Crippen LogP contribution < -0.4 is 10.2 Å². The van der Waals surface area contributed by atoms with Gasteiger partial charge in [0, 0.05) is 56.4 Å². The van der Waals surface area contributed by atoms with Crippen LogP contribution in [0.4, 0.5) is 24.5 Å². The number of benzene rings is 2. The maximum Gasteiger partial charge on any atom is 0.390 e. The molecule has 36 heavy (non-hydrogen) atoms. The monoisotopic (exact) mass is 522 g/mol. The number of hydrogen-bond acceptors (Lipinski definition) is 4. The van der Waals surface area contributed by atoms with Crippen molar-refractivity contribution in [1.29, 1.82) is 0 Å². The molecule has 0 aliphatic carbocycles. The molecular weight excluding hydrogens is 489 g/mol. The fourth-order valence-corrected chi connectivity index (χ4v) is 5.06. The number of nitrogens with zero attached hydrogens (tertiary/aromatic N) is 3. The second-order valence-corrected chi connectivity index (χ2v) is 10.1. The van der Waals surface area contributed by atoms with E-state index in [4.69, 9.17) is 11.6 Å². The van der Waals surface area contributed by atoms with Gasteiger partial charge in [0.05, 0.1) is 17.8 Å². The first-order valence-electron chi connectivity index (χ1n) is 12.7. The van der Waals surface area contributed by atoms with E-state index in [9.17, 15) is 18.0 Å². The van der Waals surface area contributed by atoms with Gasteiger partial charge < -0.3 is 10.2 Å². The quantitative estimate of drug-likeness (QED) is 0.474. The van der Waals surface area contributed by atoms with Crippen molar-refractivity contribution in [1.82, 2.24) is 9.80 Å². The molecule has 2 aliphatic rings. The summed E-state index contributed by atoms with van der Waals surface area (Å²) in [6.45, 7) is 7.36. The van der Waals surface area contributed by atoms with E-state index in [1.54, 1.807) is 18.2 Å². The molecule has 9 heteroatoms. The second kappa shape index (κ2) is 11.8. The molecule has 2 aliphatic heterocycles. The predicted molar refractivity (Wildman–Crippen MR) is 139 cm³/mol. The summed E-state index contributed by atoms with van der Waals surface area (Å²) in [4.78, 5) is 19.6. The topological polar surface area (TPSA) is 38.8 Å². The van der Waals surface area contributed by atoms with Crippen molar-refractivity contribution in [3.63, 3.8) is 0 Å². The molecule has 2 heterocycles. The molecule has 0 aromatic heterocycles. The normalized spacial score (nSPS) is 17.2. The van der Waals surface area contributed by atoms with Crippen LogP contribution in [0.2, 0.25) is 5.02 Å². The molecule has 2 aromatic rings. The van der Waals surface area contributed by atoms with Crippen LogP contribution in [0.3, 0.4) is 0 Å². The van der Waals surface area contributed by atoms with Gasteiger partial charge in [0.15, 0.2) is 0 Å². The van der Waals surface area contributed by atoms with E-state index in [2.05, 4.69) is 28.1 Å². The number of nitrogens with one attached hydrogen (secondary N) is 1. The fourth-order valence-electron chi connectivity index (χ4n) is 4.89. The average Bonchev–Trinajstić information content (AvgIpc) is 2.86. The summed E-state index contributed by atoms with van der Waals surface area (Å²) in [5.74, 6) is -0.184. The van der Waals surface area contributed by atoms with Crippen LogP contribution in [0.15, 0.2) is 36.4 Å². The highest BCUT2D eigenvalue weighted by atomic mass is 35.5. The first-order chi connectivity index (χ1) is 17.2. The molecule has 2 aromatic carbocycles. The van der Waals surface area contributed by atoms with Crippen molar-refractivity contribution in [3.8, 4) is 0 Å². The molecule has 1 N–H and O–H groups in total. The third-order valence-electron chi connectivity index (χ3n) is 7.02. The van der Waals surface area contributed by atoms with E-state index in [1.165, 1.54) is 17.5 Å².